The molecule has 1 saturated heterocycles. The Morgan fingerprint density at radius 1 is 1.61 bits per heavy atom. The number of anilines is 1. The molecular weight excluding hydrogens is 228 g/mol. The monoisotopic (exact) mass is 248 g/mol. The van der Waals surface area contributed by atoms with E-state index >= 15 is 0 Å². The first-order valence-corrected chi connectivity index (χ1v) is 6.30. The zero-order chi connectivity index (χ0) is 13.1. The molecule has 1 aliphatic rings. The zero-order valence-electron chi connectivity index (χ0n) is 10.9. The van der Waals surface area contributed by atoms with Crippen LogP contribution in [0.4, 0.5) is 5.69 Å². The number of nitrogens with zero attached hydrogens (tertiary/aromatic N) is 2. The summed E-state index contributed by atoms with van der Waals surface area (Å²) in [5.41, 5.74) is 7.56. The maximum atomic E-state index is 11.5. The lowest BCUT2D eigenvalue weighted by Crippen LogP contribution is -2.47. The van der Waals surface area contributed by atoms with Crippen LogP contribution in [0.2, 0.25) is 0 Å². The van der Waals surface area contributed by atoms with Gasteiger partial charge in [0.2, 0.25) is 0 Å². The van der Waals surface area contributed by atoms with E-state index in [2.05, 4.69) is 22.1 Å². The highest BCUT2D eigenvalue weighted by Gasteiger charge is 2.23. The standard InChI is InChI=1S/C13H20N4O/c1-9-4-6-17(8-11(9)14)10-3-5-16-12(7-10)13(18)15-2/h3,5,7,9,11H,4,6,8,14H2,1-2H3,(H,15,18). The quantitative estimate of drug-likeness (QED) is 0.804. The number of hydrogen-bond donors (Lipinski definition) is 2. The van der Waals surface area contributed by atoms with Crippen molar-refractivity contribution in [3.05, 3.63) is 24.0 Å². The van der Waals surface area contributed by atoms with Gasteiger partial charge in [-0.25, -0.2) is 0 Å². The van der Waals surface area contributed by atoms with Crippen LogP contribution >= 0.6 is 0 Å². The third-order valence-electron chi connectivity index (χ3n) is 3.58. The van der Waals surface area contributed by atoms with Crippen LogP contribution in [0, 0.1) is 5.92 Å². The third-order valence-corrected chi connectivity index (χ3v) is 3.58. The van der Waals surface area contributed by atoms with Gasteiger partial charge in [-0.2, -0.15) is 0 Å². The molecule has 0 saturated carbocycles. The lowest BCUT2D eigenvalue weighted by Gasteiger charge is -2.36. The van der Waals surface area contributed by atoms with E-state index in [1.54, 1.807) is 13.2 Å². The van der Waals surface area contributed by atoms with Crippen LogP contribution in [0.5, 0.6) is 0 Å². The first kappa shape index (κ1) is 12.8. The summed E-state index contributed by atoms with van der Waals surface area (Å²) in [7, 11) is 1.61. The molecule has 1 aromatic rings. The first-order valence-electron chi connectivity index (χ1n) is 6.30. The Hall–Kier alpha value is -1.62. The number of nitrogens with one attached hydrogen (secondary N) is 1. The maximum Gasteiger partial charge on any atom is 0.269 e. The van der Waals surface area contributed by atoms with Gasteiger partial charge in [-0.15, -0.1) is 0 Å². The highest BCUT2D eigenvalue weighted by molar-refractivity contribution is 5.92. The van der Waals surface area contributed by atoms with Gasteiger partial charge in [0, 0.05) is 38.1 Å². The van der Waals surface area contributed by atoms with Gasteiger partial charge in [-0.3, -0.25) is 9.78 Å². The first-order chi connectivity index (χ1) is 8.61. The number of pyridine rings is 1. The molecule has 1 aliphatic heterocycles. The van der Waals surface area contributed by atoms with Crippen LogP contribution in [0.3, 0.4) is 0 Å². The highest BCUT2D eigenvalue weighted by Crippen LogP contribution is 2.22. The molecule has 0 aromatic carbocycles. The van der Waals surface area contributed by atoms with Crippen LogP contribution in [0.15, 0.2) is 18.3 Å². The second-order valence-electron chi connectivity index (χ2n) is 4.85. The summed E-state index contributed by atoms with van der Waals surface area (Å²) < 4.78 is 0. The van der Waals surface area contributed by atoms with E-state index in [1.807, 2.05) is 12.1 Å². The van der Waals surface area contributed by atoms with E-state index in [1.165, 1.54) is 0 Å². The minimum absolute atomic E-state index is 0.161. The van der Waals surface area contributed by atoms with E-state index < -0.39 is 0 Å². The van der Waals surface area contributed by atoms with Crippen molar-refractivity contribution in [1.29, 1.82) is 0 Å². The molecule has 5 nitrogen and oxygen atoms in total. The van der Waals surface area contributed by atoms with Crippen LogP contribution < -0.4 is 16.0 Å². The summed E-state index contributed by atoms with van der Waals surface area (Å²) in [4.78, 5) is 17.8. The fraction of sp³-hybridized carbons (Fsp3) is 0.538. The zero-order valence-corrected chi connectivity index (χ0v) is 10.9. The summed E-state index contributed by atoms with van der Waals surface area (Å²) in [5, 5.41) is 2.58. The van der Waals surface area contributed by atoms with Crippen molar-refractivity contribution in [2.24, 2.45) is 11.7 Å². The smallest absolute Gasteiger partial charge is 0.269 e. The van der Waals surface area contributed by atoms with Gasteiger partial charge >= 0.3 is 0 Å². The number of amides is 1. The van der Waals surface area contributed by atoms with Gasteiger partial charge in [0.25, 0.3) is 5.91 Å². The van der Waals surface area contributed by atoms with Gasteiger partial charge in [0.15, 0.2) is 0 Å². The van der Waals surface area contributed by atoms with Crippen molar-refractivity contribution in [1.82, 2.24) is 10.3 Å². The van der Waals surface area contributed by atoms with E-state index in [-0.39, 0.29) is 11.9 Å². The Morgan fingerprint density at radius 2 is 2.39 bits per heavy atom. The number of piperidine rings is 1. The number of rotatable bonds is 2. The molecule has 1 aromatic heterocycles. The molecule has 0 aliphatic carbocycles. The fourth-order valence-electron chi connectivity index (χ4n) is 2.20. The lowest BCUT2D eigenvalue weighted by molar-refractivity contribution is 0.0958. The van der Waals surface area contributed by atoms with Crippen molar-refractivity contribution >= 4 is 11.6 Å². The molecule has 0 radical (unpaired) electrons. The number of carbonyl (C=O) groups is 1. The van der Waals surface area contributed by atoms with Crippen LogP contribution in [0.25, 0.3) is 0 Å². The minimum atomic E-state index is -0.161. The molecule has 2 unspecified atom stereocenters. The molecule has 2 atom stereocenters. The van der Waals surface area contributed by atoms with Gasteiger partial charge in [-0.05, 0) is 24.5 Å². The number of carbonyl (C=O) groups excluding carboxylic acids is 1. The van der Waals surface area contributed by atoms with E-state index in [0.717, 1.165) is 25.2 Å². The molecule has 98 valence electrons. The Kier molecular flexibility index (Phi) is 3.81. The number of aromatic nitrogens is 1. The fourth-order valence-corrected chi connectivity index (χ4v) is 2.20. The summed E-state index contributed by atoms with van der Waals surface area (Å²) in [6.07, 6.45) is 2.75. The van der Waals surface area contributed by atoms with Crippen molar-refractivity contribution in [3.8, 4) is 0 Å². The Labute approximate surface area is 107 Å². The van der Waals surface area contributed by atoms with Crippen LogP contribution in [-0.4, -0.2) is 37.1 Å². The molecule has 2 heterocycles. The Bertz CT molecular complexity index is 435. The summed E-state index contributed by atoms with van der Waals surface area (Å²) >= 11 is 0. The average Bonchev–Trinajstić information content (AvgIpc) is 2.41. The predicted molar refractivity (Wildman–Crippen MR) is 71.6 cm³/mol. The second-order valence-corrected chi connectivity index (χ2v) is 4.85. The van der Waals surface area contributed by atoms with Gasteiger partial charge in [0.05, 0.1) is 0 Å². The topological polar surface area (TPSA) is 71.2 Å². The van der Waals surface area contributed by atoms with Crippen LogP contribution in [0.1, 0.15) is 23.8 Å². The molecular formula is C13H20N4O. The highest BCUT2D eigenvalue weighted by atomic mass is 16.1. The molecule has 0 bridgehead atoms. The molecule has 5 heteroatoms. The normalized spacial score (nSPS) is 23.8. The number of nitrogens with two attached hydrogens (primary N) is 1. The lowest BCUT2D eigenvalue weighted by atomic mass is 9.94. The number of hydrogen-bond acceptors (Lipinski definition) is 4. The third kappa shape index (κ3) is 2.61. The molecule has 1 fully saturated rings. The predicted octanol–water partition coefficient (Wildman–Crippen LogP) is 0.615. The molecule has 2 rings (SSSR count). The minimum Gasteiger partial charge on any atom is -0.370 e. The maximum absolute atomic E-state index is 11.5. The average molecular weight is 248 g/mol. The van der Waals surface area contributed by atoms with Crippen molar-refractivity contribution in [2.45, 2.75) is 19.4 Å². The Balaban J connectivity index is 2.16. The van der Waals surface area contributed by atoms with Gasteiger partial charge in [0.1, 0.15) is 5.69 Å². The van der Waals surface area contributed by atoms with Crippen molar-refractivity contribution < 1.29 is 4.79 Å². The largest absolute Gasteiger partial charge is 0.370 e. The van der Waals surface area contributed by atoms with E-state index in [4.69, 9.17) is 5.73 Å². The molecule has 3 N–H and O–H groups in total. The molecule has 18 heavy (non-hydrogen) atoms. The van der Waals surface area contributed by atoms with Crippen molar-refractivity contribution in [3.63, 3.8) is 0 Å². The Morgan fingerprint density at radius 3 is 3.06 bits per heavy atom. The second kappa shape index (κ2) is 5.35. The van der Waals surface area contributed by atoms with Crippen molar-refractivity contribution in [2.75, 3.05) is 25.0 Å². The summed E-state index contributed by atoms with van der Waals surface area (Å²) in [6.45, 7) is 3.99. The SMILES string of the molecule is CNC(=O)c1cc(N2CCC(C)C(N)C2)ccn1. The van der Waals surface area contributed by atoms with E-state index in [9.17, 15) is 4.79 Å². The summed E-state index contributed by atoms with van der Waals surface area (Å²) in [5.74, 6) is 0.396. The van der Waals surface area contributed by atoms with Gasteiger partial charge in [-0.1, -0.05) is 6.92 Å². The van der Waals surface area contributed by atoms with Crippen LogP contribution in [-0.2, 0) is 0 Å². The van der Waals surface area contributed by atoms with E-state index in [0.29, 0.717) is 11.6 Å². The summed E-state index contributed by atoms with van der Waals surface area (Å²) in [6, 6.07) is 3.94. The van der Waals surface area contributed by atoms with Gasteiger partial charge < -0.3 is 16.0 Å². The molecule has 0 spiro atoms. The molecule has 1 amide bonds.